The molecule has 4 heteroatoms. The number of thiophene rings is 1. The van der Waals surface area contributed by atoms with Crippen LogP contribution in [0.2, 0.25) is 0 Å². The highest BCUT2D eigenvalue weighted by molar-refractivity contribution is 7.26. The van der Waals surface area contributed by atoms with Crippen molar-refractivity contribution in [1.29, 1.82) is 0 Å². The Bertz CT molecular complexity index is 3040. The highest BCUT2D eigenvalue weighted by Crippen LogP contribution is 2.50. The van der Waals surface area contributed by atoms with Crippen molar-refractivity contribution in [3.63, 3.8) is 0 Å². The maximum atomic E-state index is 2.64. The summed E-state index contributed by atoms with van der Waals surface area (Å²) < 4.78 is 2.64. The molecule has 0 atom stereocenters. The van der Waals surface area contributed by atoms with Crippen LogP contribution in [0, 0.1) is 13.8 Å². The van der Waals surface area contributed by atoms with Crippen molar-refractivity contribution in [3.8, 4) is 22.3 Å². The van der Waals surface area contributed by atoms with Gasteiger partial charge in [-0.1, -0.05) is 130 Å². The fraction of sp³-hybridized carbons (Fsp3) is 0.115. The molecule has 0 amide bonds. The van der Waals surface area contributed by atoms with Crippen molar-refractivity contribution in [2.24, 2.45) is 0 Å². The molecular formula is C52H41BN2S. The molecule has 11 rings (SSSR count). The molecule has 268 valence electrons. The van der Waals surface area contributed by atoms with Gasteiger partial charge in [0.2, 0.25) is 0 Å². The van der Waals surface area contributed by atoms with Crippen molar-refractivity contribution in [1.82, 2.24) is 0 Å². The zero-order valence-corrected chi connectivity index (χ0v) is 33.2. The predicted molar refractivity (Wildman–Crippen MR) is 244 cm³/mol. The van der Waals surface area contributed by atoms with Gasteiger partial charge in [0.05, 0.1) is 0 Å². The van der Waals surface area contributed by atoms with Gasteiger partial charge in [-0.15, -0.1) is 11.3 Å². The van der Waals surface area contributed by atoms with Crippen LogP contribution in [0.25, 0.3) is 53.2 Å². The fourth-order valence-electron chi connectivity index (χ4n) is 9.37. The highest BCUT2D eigenvalue weighted by atomic mass is 32.1. The fourth-order valence-corrected chi connectivity index (χ4v) is 10.5. The first-order valence-corrected chi connectivity index (χ1v) is 20.5. The zero-order valence-electron chi connectivity index (χ0n) is 32.4. The molecule has 0 fully saturated rings. The Balaban J connectivity index is 1.25. The SMILES string of the molecule is Cc1cc2c3c(c1)N(c1ccc(C(C)(C)C)cc1C)c1cc4sc5ccccc5c4cc1B3N(c1ccc(-c3ccccc3)cc1)c1cc3ccccc3cc1-2. The van der Waals surface area contributed by atoms with E-state index in [-0.39, 0.29) is 12.3 Å². The number of fused-ring (bicyclic) bond motifs is 8. The maximum Gasteiger partial charge on any atom is 0.333 e. The van der Waals surface area contributed by atoms with Gasteiger partial charge in [-0.05, 0) is 123 Å². The Hall–Kier alpha value is -6.10. The summed E-state index contributed by atoms with van der Waals surface area (Å²) in [5, 5.41) is 5.15. The lowest BCUT2D eigenvalue weighted by Crippen LogP contribution is -2.61. The molecule has 0 aliphatic carbocycles. The Labute approximate surface area is 333 Å². The third-order valence-electron chi connectivity index (χ3n) is 12.1. The summed E-state index contributed by atoms with van der Waals surface area (Å²) in [7, 11) is 0. The van der Waals surface area contributed by atoms with Crippen LogP contribution in [0.15, 0.2) is 158 Å². The van der Waals surface area contributed by atoms with Gasteiger partial charge in [-0.2, -0.15) is 0 Å². The Morgan fingerprint density at radius 2 is 1.23 bits per heavy atom. The van der Waals surface area contributed by atoms with E-state index in [2.05, 4.69) is 202 Å². The number of nitrogens with zero attached hydrogens (tertiary/aromatic N) is 2. The number of hydrogen-bond donors (Lipinski definition) is 0. The lowest BCUT2D eigenvalue weighted by Gasteiger charge is -2.46. The lowest BCUT2D eigenvalue weighted by molar-refractivity contribution is 0.590. The smallest absolute Gasteiger partial charge is 0.333 e. The Morgan fingerprint density at radius 3 is 2.00 bits per heavy atom. The van der Waals surface area contributed by atoms with Gasteiger partial charge in [0.1, 0.15) is 0 Å². The largest absolute Gasteiger partial charge is 0.376 e. The molecule has 9 aromatic rings. The number of benzene rings is 8. The molecule has 0 unspecified atom stereocenters. The highest BCUT2D eigenvalue weighted by Gasteiger charge is 2.45. The average molecular weight is 737 g/mol. The molecule has 0 saturated carbocycles. The number of rotatable bonds is 3. The van der Waals surface area contributed by atoms with Crippen molar-refractivity contribution < 1.29 is 0 Å². The second kappa shape index (κ2) is 12.2. The van der Waals surface area contributed by atoms with Crippen LogP contribution < -0.4 is 20.6 Å². The summed E-state index contributed by atoms with van der Waals surface area (Å²) in [6.45, 7) is 11.4. The Kier molecular flexibility index (Phi) is 7.25. The second-order valence-corrected chi connectivity index (χ2v) is 17.8. The molecule has 2 aliphatic heterocycles. The first-order valence-electron chi connectivity index (χ1n) is 19.7. The van der Waals surface area contributed by atoms with E-state index in [1.165, 1.54) is 109 Å². The molecule has 0 N–H and O–H groups in total. The van der Waals surface area contributed by atoms with E-state index < -0.39 is 0 Å². The summed E-state index contributed by atoms with van der Waals surface area (Å²) in [4.78, 5) is 5.23. The minimum absolute atomic E-state index is 0.0553. The van der Waals surface area contributed by atoms with Gasteiger partial charge >= 0.3 is 6.85 Å². The molecule has 2 aliphatic rings. The van der Waals surface area contributed by atoms with Gasteiger partial charge in [0.25, 0.3) is 0 Å². The topological polar surface area (TPSA) is 6.48 Å². The Morgan fingerprint density at radius 1 is 0.518 bits per heavy atom. The molecule has 0 bridgehead atoms. The molecule has 8 aromatic carbocycles. The van der Waals surface area contributed by atoms with E-state index in [1.807, 2.05) is 11.3 Å². The third kappa shape index (κ3) is 5.02. The van der Waals surface area contributed by atoms with E-state index in [0.717, 1.165) is 0 Å². The second-order valence-electron chi connectivity index (χ2n) is 16.7. The number of aryl methyl sites for hydroxylation is 2. The zero-order chi connectivity index (χ0) is 37.9. The van der Waals surface area contributed by atoms with Crippen molar-refractivity contribution in [3.05, 3.63) is 174 Å². The van der Waals surface area contributed by atoms with Crippen molar-refractivity contribution >= 4 is 88.5 Å². The van der Waals surface area contributed by atoms with E-state index in [0.29, 0.717) is 0 Å². The van der Waals surface area contributed by atoms with Crippen LogP contribution in [0.3, 0.4) is 0 Å². The van der Waals surface area contributed by atoms with Gasteiger partial charge in [0.15, 0.2) is 0 Å². The monoisotopic (exact) mass is 736 g/mol. The molecule has 0 radical (unpaired) electrons. The van der Waals surface area contributed by atoms with Crippen LogP contribution in [0.4, 0.5) is 28.4 Å². The quantitative estimate of drug-likeness (QED) is 0.167. The van der Waals surface area contributed by atoms with Crippen molar-refractivity contribution in [2.45, 2.75) is 40.0 Å². The number of hydrogen-bond acceptors (Lipinski definition) is 3. The lowest BCUT2D eigenvalue weighted by atomic mass is 9.43. The van der Waals surface area contributed by atoms with Gasteiger partial charge in [-0.25, -0.2) is 0 Å². The summed E-state index contributed by atoms with van der Waals surface area (Å²) >= 11 is 1.90. The number of anilines is 5. The van der Waals surface area contributed by atoms with E-state index in [4.69, 9.17) is 0 Å². The predicted octanol–water partition coefficient (Wildman–Crippen LogP) is 13.5. The minimum Gasteiger partial charge on any atom is -0.376 e. The molecule has 3 heterocycles. The van der Waals surface area contributed by atoms with Crippen LogP contribution >= 0.6 is 11.3 Å². The third-order valence-corrected chi connectivity index (χ3v) is 13.2. The van der Waals surface area contributed by atoms with E-state index >= 15 is 0 Å². The first-order chi connectivity index (χ1) is 27.2. The van der Waals surface area contributed by atoms with Gasteiger partial charge < -0.3 is 9.71 Å². The van der Waals surface area contributed by atoms with Gasteiger partial charge in [0, 0.05) is 54.2 Å². The summed E-state index contributed by atoms with van der Waals surface area (Å²) in [6, 6.07) is 59.6. The van der Waals surface area contributed by atoms with Gasteiger partial charge in [-0.3, -0.25) is 0 Å². The van der Waals surface area contributed by atoms with Crippen LogP contribution in [-0.4, -0.2) is 6.85 Å². The summed E-state index contributed by atoms with van der Waals surface area (Å²) in [5.41, 5.74) is 17.8. The van der Waals surface area contributed by atoms with Crippen LogP contribution in [0.5, 0.6) is 0 Å². The molecule has 2 nitrogen and oxygen atoms in total. The molecule has 1 aromatic heterocycles. The summed E-state index contributed by atoms with van der Waals surface area (Å²) in [6.07, 6.45) is 0. The van der Waals surface area contributed by atoms with Crippen LogP contribution in [-0.2, 0) is 5.41 Å². The standard InChI is InChI=1S/C52H41BN2S/c1-32-25-43-41-28-36-15-9-10-16-37(36)29-46(41)55(39-22-19-35(20-23-39)34-13-7-6-8-14-34)53-44-30-42-40-17-11-12-18-49(40)56-50(42)31-47(44)54(48(26-32)51(43)53)45-24-21-38(27-33(45)2)52(3,4)5/h6-31H,1-5H3. The maximum absolute atomic E-state index is 2.64. The summed E-state index contributed by atoms with van der Waals surface area (Å²) in [5.74, 6) is 0. The van der Waals surface area contributed by atoms with E-state index in [9.17, 15) is 0 Å². The molecular weight excluding hydrogens is 695 g/mol. The first kappa shape index (κ1) is 33.3. The van der Waals surface area contributed by atoms with Crippen LogP contribution in [0.1, 0.15) is 37.5 Å². The molecule has 56 heavy (non-hydrogen) atoms. The minimum atomic E-state index is -0.0553. The molecule has 0 spiro atoms. The van der Waals surface area contributed by atoms with E-state index in [1.54, 1.807) is 0 Å². The normalized spacial score (nSPS) is 13.3. The molecule has 0 saturated heterocycles. The van der Waals surface area contributed by atoms with Crippen molar-refractivity contribution in [2.75, 3.05) is 9.71 Å². The average Bonchev–Trinajstić information content (AvgIpc) is 3.57.